The summed E-state index contributed by atoms with van der Waals surface area (Å²) in [6, 6.07) is 10.4. The first kappa shape index (κ1) is 11.2. The molecule has 0 fully saturated rings. The molecule has 3 heterocycles. The lowest BCUT2D eigenvalue weighted by Gasteiger charge is -2.12. The molecule has 4 nitrogen and oxygen atoms in total. The lowest BCUT2D eigenvalue weighted by Crippen LogP contribution is -1.98. The Kier molecular flexibility index (Phi) is 2.52. The van der Waals surface area contributed by atoms with Gasteiger partial charge in [-0.3, -0.25) is 9.55 Å². The Morgan fingerprint density at radius 3 is 2.85 bits per heavy atom. The van der Waals surface area contributed by atoms with Crippen LogP contribution in [0.15, 0.2) is 55.2 Å². The normalized spacial score (nSPS) is 13.0. The van der Waals surface area contributed by atoms with Crippen molar-refractivity contribution in [3.63, 3.8) is 0 Å². The highest BCUT2D eigenvalue weighted by atomic mass is 15.1. The molecular formula is C16H14N4. The predicted octanol–water partition coefficient (Wildman–Crippen LogP) is 2.90. The summed E-state index contributed by atoms with van der Waals surface area (Å²) in [5.74, 6) is 0. The number of nitrogens with zero attached hydrogens (tertiary/aromatic N) is 3. The number of rotatable bonds is 2. The summed E-state index contributed by atoms with van der Waals surface area (Å²) in [5.41, 5.74) is 5.99. The number of para-hydroxylation sites is 1. The number of anilines is 1. The van der Waals surface area contributed by atoms with Crippen molar-refractivity contribution in [1.82, 2.24) is 14.5 Å². The van der Waals surface area contributed by atoms with E-state index >= 15 is 0 Å². The molecule has 0 radical (unpaired) electrons. The van der Waals surface area contributed by atoms with Gasteiger partial charge in [0.25, 0.3) is 0 Å². The van der Waals surface area contributed by atoms with Crippen molar-refractivity contribution in [2.75, 3.05) is 11.9 Å². The first-order valence-electron chi connectivity index (χ1n) is 6.72. The second-order valence-corrected chi connectivity index (χ2v) is 4.87. The highest BCUT2D eigenvalue weighted by molar-refractivity contribution is 5.80. The zero-order chi connectivity index (χ0) is 13.4. The zero-order valence-corrected chi connectivity index (χ0v) is 11.0. The lowest BCUT2D eigenvalue weighted by molar-refractivity contribution is 1.05. The average molecular weight is 262 g/mol. The maximum Gasteiger partial charge on any atom is 0.0997 e. The molecule has 0 atom stereocenters. The van der Waals surface area contributed by atoms with Gasteiger partial charge in [0.15, 0.2) is 0 Å². The minimum Gasteiger partial charge on any atom is -0.384 e. The van der Waals surface area contributed by atoms with Crippen molar-refractivity contribution in [2.24, 2.45) is 0 Å². The highest BCUT2D eigenvalue weighted by Gasteiger charge is 2.17. The van der Waals surface area contributed by atoms with Crippen molar-refractivity contribution in [1.29, 1.82) is 0 Å². The smallest absolute Gasteiger partial charge is 0.0997 e. The van der Waals surface area contributed by atoms with E-state index in [-0.39, 0.29) is 0 Å². The largest absolute Gasteiger partial charge is 0.384 e. The summed E-state index contributed by atoms with van der Waals surface area (Å²) in [4.78, 5) is 8.38. The van der Waals surface area contributed by atoms with E-state index in [1.54, 1.807) is 12.4 Å². The minimum atomic E-state index is 1.01. The molecule has 0 amide bonds. The molecule has 4 rings (SSSR count). The third-order valence-electron chi connectivity index (χ3n) is 3.70. The van der Waals surface area contributed by atoms with Crippen molar-refractivity contribution < 1.29 is 0 Å². The molecule has 0 spiro atoms. The Labute approximate surface area is 117 Å². The molecule has 20 heavy (non-hydrogen) atoms. The summed E-state index contributed by atoms with van der Waals surface area (Å²) in [6.45, 7) is 1.01. The van der Waals surface area contributed by atoms with Gasteiger partial charge in [-0.15, -0.1) is 0 Å². The van der Waals surface area contributed by atoms with E-state index in [1.165, 1.54) is 16.8 Å². The quantitative estimate of drug-likeness (QED) is 0.772. The number of aromatic nitrogens is 3. The SMILES string of the molecule is c1cc2c(c(-c3cncn3-c3ccncc3)c1)NCC2. The van der Waals surface area contributed by atoms with Crippen LogP contribution in [0.5, 0.6) is 0 Å². The number of hydrogen-bond donors (Lipinski definition) is 1. The average Bonchev–Trinajstić information content (AvgIpc) is 3.16. The van der Waals surface area contributed by atoms with E-state index in [0.717, 1.165) is 24.3 Å². The fourth-order valence-corrected chi connectivity index (χ4v) is 2.76. The minimum absolute atomic E-state index is 1.01. The van der Waals surface area contributed by atoms with Crippen LogP contribution in [0.2, 0.25) is 0 Å². The summed E-state index contributed by atoms with van der Waals surface area (Å²) >= 11 is 0. The van der Waals surface area contributed by atoms with Gasteiger partial charge in [-0.1, -0.05) is 18.2 Å². The van der Waals surface area contributed by atoms with Gasteiger partial charge < -0.3 is 5.32 Å². The highest BCUT2D eigenvalue weighted by Crippen LogP contribution is 2.34. The molecule has 4 heteroatoms. The van der Waals surface area contributed by atoms with Gasteiger partial charge in [0.05, 0.1) is 23.9 Å². The number of fused-ring (bicyclic) bond motifs is 1. The van der Waals surface area contributed by atoms with E-state index in [9.17, 15) is 0 Å². The van der Waals surface area contributed by atoms with E-state index in [1.807, 2.05) is 24.7 Å². The molecule has 0 saturated carbocycles. The van der Waals surface area contributed by atoms with E-state index in [4.69, 9.17) is 0 Å². The molecule has 0 aliphatic carbocycles. The third-order valence-corrected chi connectivity index (χ3v) is 3.70. The van der Waals surface area contributed by atoms with Crippen LogP contribution in [0.4, 0.5) is 5.69 Å². The molecule has 1 aromatic carbocycles. The molecule has 2 aromatic heterocycles. The maximum absolute atomic E-state index is 4.32. The Morgan fingerprint density at radius 1 is 1.05 bits per heavy atom. The molecule has 0 bridgehead atoms. The topological polar surface area (TPSA) is 42.7 Å². The Morgan fingerprint density at radius 2 is 1.95 bits per heavy atom. The number of pyridine rings is 1. The molecule has 0 saturated heterocycles. The van der Waals surface area contributed by atoms with Crippen LogP contribution >= 0.6 is 0 Å². The van der Waals surface area contributed by atoms with E-state index < -0.39 is 0 Å². The van der Waals surface area contributed by atoms with Crippen molar-refractivity contribution in [2.45, 2.75) is 6.42 Å². The lowest BCUT2D eigenvalue weighted by atomic mass is 10.1. The molecule has 98 valence electrons. The Balaban J connectivity index is 1.89. The fraction of sp³-hybridized carbons (Fsp3) is 0.125. The molecule has 1 aliphatic rings. The van der Waals surface area contributed by atoms with Gasteiger partial charge in [0.2, 0.25) is 0 Å². The van der Waals surface area contributed by atoms with E-state index in [2.05, 4.69) is 38.1 Å². The molecule has 1 N–H and O–H groups in total. The first-order chi connectivity index (χ1) is 9.93. The fourth-order valence-electron chi connectivity index (χ4n) is 2.76. The summed E-state index contributed by atoms with van der Waals surface area (Å²) in [7, 11) is 0. The predicted molar refractivity (Wildman–Crippen MR) is 79.0 cm³/mol. The van der Waals surface area contributed by atoms with Gasteiger partial charge in [0.1, 0.15) is 0 Å². The van der Waals surface area contributed by atoms with E-state index in [0.29, 0.717) is 0 Å². The second-order valence-electron chi connectivity index (χ2n) is 4.87. The van der Waals surface area contributed by atoms with Gasteiger partial charge >= 0.3 is 0 Å². The van der Waals surface area contributed by atoms with Gasteiger partial charge in [-0.05, 0) is 24.1 Å². The van der Waals surface area contributed by atoms with Crippen LogP contribution in [0, 0.1) is 0 Å². The van der Waals surface area contributed by atoms with Crippen molar-refractivity contribution >= 4 is 5.69 Å². The number of imidazole rings is 1. The van der Waals surface area contributed by atoms with Crippen LogP contribution in [0.25, 0.3) is 16.9 Å². The van der Waals surface area contributed by atoms with Crippen LogP contribution in [0.1, 0.15) is 5.56 Å². The molecular weight excluding hydrogens is 248 g/mol. The van der Waals surface area contributed by atoms with Crippen molar-refractivity contribution in [3.8, 4) is 16.9 Å². The second kappa shape index (κ2) is 4.49. The number of hydrogen-bond acceptors (Lipinski definition) is 3. The van der Waals surface area contributed by atoms with Crippen molar-refractivity contribution in [3.05, 3.63) is 60.8 Å². The first-order valence-corrected chi connectivity index (χ1v) is 6.72. The van der Waals surface area contributed by atoms with Gasteiger partial charge in [-0.2, -0.15) is 0 Å². The molecule has 3 aromatic rings. The summed E-state index contributed by atoms with van der Waals surface area (Å²) in [6.07, 6.45) is 8.45. The van der Waals surface area contributed by atoms with Crippen LogP contribution in [-0.4, -0.2) is 21.1 Å². The maximum atomic E-state index is 4.32. The number of nitrogens with one attached hydrogen (secondary N) is 1. The number of benzene rings is 1. The zero-order valence-electron chi connectivity index (χ0n) is 11.0. The summed E-state index contributed by atoms with van der Waals surface area (Å²) in [5, 5.41) is 3.48. The van der Waals surface area contributed by atoms with Gasteiger partial charge in [0, 0.05) is 30.2 Å². The third kappa shape index (κ3) is 1.69. The molecule has 0 unspecified atom stereocenters. The Hall–Kier alpha value is -2.62. The van der Waals surface area contributed by atoms with Crippen LogP contribution in [-0.2, 0) is 6.42 Å². The monoisotopic (exact) mass is 262 g/mol. The standard InChI is InChI=1S/C16H14N4/c1-2-12-4-9-19-16(12)14(3-1)15-10-18-11-20(15)13-5-7-17-8-6-13/h1-3,5-8,10-11,19H,4,9H2. The Bertz CT molecular complexity index is 746. The van der Waals surface area contributed by atoms with Gasteiger partial charge in [-0.25, -0.2) is 4.98 Å². The van der Waals surface area contributed by atoms with Crippen LogP contribution < -0.4 is 5.32 Å². The van der Waals surface area contributed by atoms with Crippen LogP contribution in [0.3, 0.4) is 0 Å². The molecule has 1 aliphatic heterocycles. The summed E-state index contributed by atoms with van der Waals surface area (Å²) < 4.78 is 2.09.